The van der Waals surface area contributed by atoms with E-state index in [9.17, 15) is 9.90 Å². The fraction of sp³-hybridized carbons (Fsp3) is 0.500. The first kappa shape index (κ1) is 18.9. The minimum atomic E-state index is -0.821. The highest BCUT2D eigenvalue weighted by molar-refractivity contribution is 7.99. The Hall–Kier alpha value is -1.90. The molecule has 0 aliphatic rings. The number of benzene rings is 1. The van der Waals surface area contributed by atoms with Gasteiger partial charge in [-0.1, -0.05) is 23.9 Å². The Morgan fingerprint density at radius 3 is 2.77 bits per heavy atom. The highest BCUT2D eigenvalue weighted by atomic mass is 32.2. The van der Waals surface area contributed by atoms with Crippen molar-refractivity contribution in [3.63, 3.8) is 0 Å². The van der Waals surface area contributed by atoms with E-state index in [0.29, 0.717) is 41.8 Å². The lowest BCUT2D eigenvalue weighted by Gasteiger charge is -2.16. The Bertz CT molecular complexity index is 959. The van der Waals surface area contributed by atoms with Gasteiger partial charge in [-0.25, -0.2) is 0 Å². The molecule has 2 aromatic heterocycles. The molecule has 26 heavy (non-hydrogen) atoms. The van der Waals surface area contributed by atoms with Crippen molar-refractivity contribution in [1.29, 1.82) is 0 Å². The van der Waals surface area contributed by atoms with Gasteiger partial charge in [0.2, 0.25) is 5.78 Å². The van der Waals surface area contributed by atoms with Crippen LogP contribution in [0.1, 0.15) is 27.2 Å². The van der Waals surface area contributed by atoms with E-state index in [-0.39, 0.29) is 5.56 Å². The molecule has 0 atom stereocenters. The van der Waals surface area contributed by atoms with E-state index < -0.39 is 5.60 Å². The SMILES string of the molecule is CCOCCCn1c(=O)c2ccccc2n2c(SCC(C)(C)O)nnc12. The first-order valence-corrected chi connectivity index (χ1v) is 9.70. The van der Waals surface area contributed by atoms with Crippen LogP contribution in [0.25, 0.3) is 16.7 Å². The molecule has 0 saturated heterocycles. The molecule has 140 valence electrons. The number of hydrogen-bond acceptors (Lipinski definition) is 6. The minimum absolute atomic E-state index is 0.0731. The van der Waals surface area contributed by atoms with Crippen LogP contribution < -0.4 is 5.56 Å². The number of rotatable bonds is 8. The molecule has 0 radical (unpaired) electrons. The molecule has 1 aromatic carbocycles. The first-order chi connectivity index (χ1) is 12.4. The van der Waals surface area contributed by atoms with Crippen LogP contribution in [0.5, 0.6) is 0 Å². The van der Waals surface area contributed by atoms with Gasteiger partial charge in [-0.15, -0.1) is 10.2 Å². The van der Waals surface area contributed by atoms with Crippen molar-refractivity contribution in [1.82, 2.24) is 19.2 Å². The van der Waals surface area contributed by atoms with E-state index in [4.69, 9.17) is 4.74 Å². The van der Waals surface area contributed by atoms with Crippen LogP contribution in [0.15, 0.2) is 34.2 Å². The number of thioether (sulfide) groups is 1. The zero-order chi connectivity index (χ0) is 18.7. The van der Waals surface area contributed by atoms with Gasteiger partial charge >= 0.3 is 0 Å². The molecule has 7 nitrogen and oxygen atoms in total. The van der Waals surface area contributed by atoms with Crippen LogP contribution in [0.4, 0.5) is 0 Å². The summed E-state index contributed by atoms with van der Waals surface area (Å²) in [5.41, 5.74) is -0.119. The molecule has 1 N–H and O–H groups in total. The predicted octanol–water partition coefficient (Wildman–Crippen LogP) is 2.33. The third-order valence-electron chi connectivity index (χ3n) is 3.91. The molecule has 0 saturated carbocycles. The van der Waals surface area contributed by atoms with Crippen molar-refractivity contribution >= 4 is 28.4 Å². The summed E-state index contributed by atoms with van der Waals surface area (Å²) in [5.74, 6) is 0.995. The molecule has 2 heterocycles. The summed E-state index contributed by atoms with van der Waals surface area (Å²) < 4.78 is 8.94. The third kappa shape index (κ3) is 3.92. The van der Waals surface area contributed by atoms with Gasteiger partial charge in [-0.05, 0) is 39.3 Å². The van der Waals surface area contributed by atoms with Gasteiger partial charge in [0, 0.05) is 25.5 Å². The molecule has 0 amide bonds. The van der Waals surface area contributed by atoms with E-state index in [1.54, 1.807) is 18.4 Å². The van der Waals surface area contributed by atoms with Crippen LogP contribution in [-0.4, -0.2) is 48.8 Å². The molecule has 0 bridgehead atoms. The molecule has 0 fully saturated rings. The lowest BCUT2D eigenvalue weighted by Crippen LogP contribution is -2.24. The van der Waals surface area contributed by atoms with Gasteiger partial charge in [0.1, 0.15) is 0 Å². The number of nitrogens with zero attached hydrogens (tertiary/aromatic N) is 4. The Morgan fingerprint density at radius 1 is 1.27 bits per heavy atom. The smallest absolute Gasteiger partial charge is 0.262 e. The maximum absolute atomic E-state index is 12.9. The Kier molecular flexibility index (Phi) is 5.64. The molecule has 0 aliphatic heterocycles. The fourth-order valence-corrected chi connectivity index (χ4v) is 3.63. The molecule has 0 unspecified atom stereocenters. The highest BCUT2D eigenvalue weighted by Crippen LogP contribution is 2.24. The molecule has 0 spiro atoms. The molecule has 0 aliphatic carbocycles. The van der Waals surface area contributed by atoms with Gasteiger partial charge in [0.05, 0.1) is 16.5 Å². The number of aryl methyl sites for hydroxylation is 1. The monoisotopic (exact) mass is 376 g/mol. The van der Waals surface area contributed by atoms with E-state index in [0.717, 1.165) is 11.9 Å². The second-order valence-corrected chi connectivity index (χ2v) is 7.69. The van der Waals surface area contributed by atoms with E-state index in [1.807, 2.05) is 35.6 Å². The maximum Gasteiger partial charge on any atom is 0.262 e. The van der Waals surface area contributed by atoms with Gasteiger partial charge in [0.15, 0.2) is 5.16 Å². The lowest BCUT2D eigenvalue weighted by atomic mass is 10.2. The second kappa shape index (κ2) is 7.77. The summed E-state index contributed by atoms with van der Waals surface area (Å²) in [5, 5.41) is 19.8. The minimum Gasteiger partial charge on any atom is -0.390 e. The van der Waals surface area contributed by atoms with E-state index in [2.05, 4.69) is 10.2 Å². The van der Waals surface area contributed by atoms with Crippen LogP contribution in [0.3, 0.4) is 0 Å². The number of para-hydroxylation sites is 1. The van der Waals surface area contributed by atoms with Crippen molar-refractivity contribution in [3.05, 3.63) is 34.6 Å². The van der Waals surface area contributed by atoms with Gasteiger partial charge in [-0.3, -0.25) is 13.8 Å². The number of fused-ring (bicyclic) bond motifs is 3. The van der Waals surface area contributed by atoms with Crippen molar-refractivity contribution in [2.45, 2.75) is 44.5 Å². The number of ether oxygens (including phenoxy) is 1. The maximum atomic E-state index is 12.9. The highest BCUT2D eigenvalue weighted by Gasteiger charge is 2.19. The van der Waals surface area contributed by atoms with Gasteiger partial charge in [0.25, 0.3) is 5.56 Å². The van der Waals surface area contributed by atoms with Crippen LogP contribution in [0.2, 0.25) is 0 Å². The first-order valence-electron chi connectivity index (χ1n) is 8.72. The molecule has 3 rings (SSSR count). The topological polar surface area (TPSA) is 81.7 Å². The summed E-state index contributed by atoms with van der Waals surface area (Å²) in [4.78, 5) is 12.9. The van der Waals surface area contributed by atoms with Crippen molar-refractivity contribution in [2.75, 3.05) is 19.0 Å². The normalized spacial score (nSPS) is 12.3. The average molecular weight is 376 g/mol. The van der Waals surface area contributed by atoms with Crippen molar-refractivity contribution < 1.29 is 9.84 Å². The number of aromatic nitrogens is 4. The zero-order valence-electron chi connectivity index (χ0n) is 15.3. The largest absolute Gasteiger partial charge is 0.390 e. The summed E-state index contributed by atoms with van der Waals surface area (Å²) in [7, 11) is 0. The van der Waals surface area contributed by atoms with Crippen molar-refractivity contribution in [3.8, 4) is 0 Å². The summed E-state index contributed by atoms with van der Waals surface area (Å²) in [6, 6.07) is 7.46. The Morgan fingerprint density at radius 2 is 2.04 bits per heavy atom. The zero-order valence-corrected chi connectivity index (χ0v) is 16.1. The standard InChI is InChI=1S/C18H24N4O3S/c1-4-25-11-7-10-21-15(23)13-8-5-6-9-14(13)22-16(21)19-20-17(22)26-12-18(2,3)24/h5-6,8-9,24H,4,7,10-12H2,1-3H3. The number of aliphatic hydroxyl groups is 1. The predicted molar refractivity (Wildman–Crippen MR) is 103 cm³/mol. The fourth-order valence-electron chi connectivity index (χ4n) is 2.74. The summed E-state index contributed by atoms with van der Waals surface area (Å²) in [6.07, 6.45) is 0.723. The third-order valence-corrected chi connectivity index (χ3v) is 5.28. The number of hydrogen-bond donors (Lipinski definition) is 1. The Labute approximate surface area is 156 Å². The van der Waals surface area contributed by atoms with Gasteiger partial charge < -0.3 is 9.84 Å². The quantitative estimate of drug-likeness (QED) is 0.480. The molecular formula is C18H24N4O3S. The van der Waals surface area contributed by atoms with E-state index in [1.165, 1.54) is 11.8 Å². The van der Waals surface area contributed by atoms with Crippen LogP contribution in [-0.2, 0) is 11.3 Å². The van der Waals surface area contributed by atoms with E-state index >= 15 is 0 Å². The van der Waals surface area contributed by atoms with Crippen LogP contribution >= 0.6 is 11.8 Å². The van der Waals surface area contributed by atoms with Crippen molar-refractivity contribution in [2.24, 2.45) is 0 Å². The average Bonchev–Trinajstić information content (AvgIpc) is 3.03. The summed E-state index contributed by atoms with van der Waals surface area (Å²) in [6.45, 7) is 7.23. The molecule has 8 heteroatoms. The molecular weight excluding hydrogens is 352 g/mol. The second-order valence-electron chi connectivity index (χ2n) is 6.74. The van der Waals surface area contributed by atoms with Crippen LogP contribution in [0, 0.1) is 0 Å². The Balaban J connectivity index is 2.10. The lowest BCUT2D eigenvalue weighted by molar-refractivity contribution is 0.107. The summed E-state index contributed by atoms with van der Waals surface area (Å²) >= 11 is 1.42. The molecule has 3 aromatic rings. The van der Waals surface area contributed by atoms with Gasteiger partial charge in [-0.2, -0.15) is 0 Å².